The summed E-state index contributed by atoms with van der Waals surface area (Å²) in [7, 11) is 0. The Bertz CT molecular complexity index is 1690. The van der Waals surface area contributed by atoms with Gasteiger partial charge in [-0.05, 0) is 54.2 Å². The molecule has 38 heavy (non-hydrogen) atoms. The molecule has 3 aromatic carbocycles. The summed E-state index contributed by atoms with van der Waals surface area (Å²) in [5, 5.41) is 6.68. The van der Waals surface area contributed by atoms with E-state index >= 15 is 0 Å². The third kappa shape index (κ3) is 4.81. The lowest BCUT2D eigenvalue weighted by atomic mass is 10.1. The lowest BCUT2D eigenvalue weighted by Gasteiger charge is -2.11. The van der Waals surface area contributed by atoms with Crippen molar-refractivity contribution < 1.29 is 4.79 Å². The zero-order valence-corrected chi connectivity index (χ0v) is 22.4. The number of rotatable bonds is 6. The summed E-state index contributed by atoms with van der Waals surface area (Å²) in [6.07, 6.45) is 5.50. The summed E-state index contributed by atoms with van der Waals surface area (Å²) < 4.78 is 2.87. The maximum absolute atomic E-state index is 13.5. The van der Waals surface area contributed by atoms with Gasteiger partial charge in [-0.3, -0.25) is 9.69 Å². The molecule has 1 saturated heterocycles. The third-order valence-electron chi connectivity index (χ3n) is 5.84. The van der Waals surface area contributed by atoms with E-state index in [4.69, 9.17) is 21.7 Å². The van der Waals surface area contributed by atoms with Crippen LogP contribution in [-0.2, 0) is 4.79 Å². The lowest BCUT2D eigenvalue weighted by Crippen LogP contribution is -2.29. The van der Waals surface area contributed by atoms with Crippen LogP contribution in [-0.4, -0.2) is 37.3 Å². The molecular formula is C29H20ClN5OS2. The average molecular weight is 554 g/mol. The Morgan fingerprint density at radius 1 is 1.00 bits per heavy atom. The second kappa shape index (κ2) is 10.4. The van der Waals surface area contributed by atoms with Crippen LogP contribution in [0.2, 0.25) is 5.02 Å². The molecule has 6 nitrogen and oxygen atoms in total. The summed E-state index contributed by atoms with van der Waals surface area (Å²) in [6, 6.07) is 25.3. The molecule has 1 fully saturated rings. The number of hydrogen-bond acceptors (Lipinski definition) is 6. The number of amidine groups is 1. The van der Waals surface area contributed by atoms with Gasteiger partial charge in [0.15, 0.2) is 5.17 Å². The lowest BCUT2D eigenvalue weighted by molar-refractivity contribution is -0.121. The number of carbonyl (C=O) groups is 1. The predicted octanol–water partition coefficient (Wildman–Crippen LogP) is 7.59. The van der Waals surface area contributed by atoms with Crippen LogP contribution < -0.4 is 0 Å². The average Bonchev–Trinajstić information content (AvgIpc) is 3.62. The van der Waals surface area contributed by atoms with Crippen LogP contribution in [0, 0.1) is 0 Å². The zero-order valence-electron chi connectivity index (χ0n) is 20.0. The van der Waals surface area contributed by atoms with Crippen molar-refractivity contribution in [3.05, 3.63) is 113 Å². The van der Waals surface area contributed by atoms with E-state index in [1.165, 1.54) is 23.1 Å². The van der Waals surface area contributed by atoms with Gasteiger partial charge >= 0.3 is 0 Å². The first-order chi connectivity index (χ1) is 18.6. The molecule has 6 rings (SSSR count). The quantitative estimate of drug-likeness (QED) is 0.160. The van der Waals surface area contributed by atoms with E-state index in [9.17, 15) is 4.79 Å². The minimum absolute atomic E-state index is 0.135. The third-order valence-corrected chi connectivity index (χ3v) is 8.03. The zero-order chi connectivity index (χ0) is 26.1. The Labute approximate surface area is 232 Å². The van der Waals surface area contributed by atoms with Gasteiger partial charge in [-0.1, -0.05) is 71.5 Å². The number of amides is 1. The van der Waals surface area contributed by atoms with E-state index in [1.807, 2.05) is 95.8 Å². The number of carbonyl (C=O) groups excluding carboxylic acids is 1. The standard InChI is InChI=1S/C29H20ClN5OS2/c1-2-16-34-27(36)25(38-29(34)32-28-31-23-10-6-7-11-24(23)37-28)17-20-18-35(22-8-4-3-5-9-22)33-26(20)19-12-14-21(30)15-13-19/h2-15,17-18H,1,16H2/b25-17-,32-29+. The summed E-state index contributed by atoms with van der Waals surface area (Å²) in [4.78, 5) is 25.0. The summed E-state index contributed by atoms with van der Waals surface area (Å²) in [5.74, 6) is -0.135. The monoisotopic (exact) mass is 553 g/mol. The van der Waals surface area contributed by atoms with Gasteiger partial charge in [-0.25, -0.2) is 9.67 Å². The molecule has 0 aliphatic carbocycles. The van der Waals surface area contributed by atoms with Crippen LogP contribution in [0.5, 0.6) is 0 Å². The van der Waals surface area contributed by atoms with Crippen LogP contribution in [0.15, 0.2) is 108 Å². The van der Waals surface area contributed by atoms with E-state index in [2.05, 4.69) is 11.6 Å². The van der Waals surface area contributed by atoms with E-state index in [0.29, 0.717) is 26.8 Å². The van der Waals surface area contributed by atoms with Crippen molar-refractivity contribution in [2.75, 3.05) is 6.54 Å². The van der Waals surface area contributed by atoms with E-state index in [-0.39, 0.29) is 5.91 Å². The Morgan fingerprint density at radius 3 is 2.53 bits per heavy atom. The van der Waals surface area contributed by atoms with E-state index in [0.717, 1.165) is 32.7 Å². The summed E-state index contributed by atoms with van der Waals surface area (Å²) in [5.41, 5.74) is 4.27. The molecule has 0 bridgehead atoms. The summed E-state index contributed by atoms with van der Waals surface area (Å²) in [6.45, 7) is 4.17. The maximum Gasteiger partial charge on any atom is 0.267 e. The molecule has 3 heterocycles. The number of aliphatic imine (C=N–C) groups is 1. The number of aromatic nitrogens is 3. The fourth-order valence-corrected chi connectivity index (χ4v) is 6.05. The molecule has 0 radical (unpaired) electrons. The molecule has 0 saturated carbocycles. The topological polar surface area (TPSA) is 63.4 Å². The van der Waals surface area contributed by atoms with Crippen molar-refractivity contribution in [2.45, 2.75) is 0 Å². The van der Waals surface area contributed by atoms with Crippen molar-refractivity contribution in [2.24, 2.45) is 4.99 Å². The van der Waals surface area contributed by atoms with Gasteiger partial charge in [0.2, 0.25) is 5.13 Å². The van der Waals surface area contributed by atoms with Gasteiger partial charge in [0.1, 0.15) is 0 Å². The van der Waals surface area contributed by atoms with Gasteiger partial charge in [-0.2, -0.15) is 10.1 Å². The van der Waals surface area contributed by atoms with Crippen molar-refractivity contribution in [3.63, 3.8) is 0 Å². The van der Waals surface area contributed by atoms with Crippen molar-refractivity contribution >= 4 is 67.2 Å². The van der Waals surface area contributed by atoms with Crippen molar-refractivity contribution in [1.29, 1.82) is 0 Å². The second-order valence-corrected chi connectivity index (χ2v) is 10.8. The molecule has 1 aliphatic heterocycles. The van der Waals surface area contributed by atoms with Crippen LogP contribution >= 0.6 is 34.7 Å². The molecule has 1 amide bonds. The van der Waals surface area contributed by atoms with E-state index in [1.54, 1.807) is 11.0 Å². The van der Waals surface area contributed by atoms with Crippen molar-refractivity contribution in [3.8, 4) is 16.9 Å². The van der Waals surface area contributed by atoms with Crippen molar-refractivity contribution in [1.82, 2.24) is 19.7 Å². The maximum atomic E-state index is 13.5. The molecule has 0 N–H and O–H groups in total. The first kappa shape index (κ1) is 24.4. The highest BCUT2D eigenvalue weighted by Gasteiger charge is 2.33. The normalized spacial score (nSPS) is 15.7. The first-order valence-electron chi connectivity index (χ1n) is 11.8. The number of nitrogens with zero attached hydrogens (tertiary/aromatic N) is 5. The molecule has 186 valence electrons. The van der Waals surface area contributed by atoms with E-state index < -0.39 is 0 Å². The first-order valence-corrected chi connectivity index (χ1v) is 13.8. The molecule has 0 atom stereocenters. The van der Waals surface area contributed by atoms with Gasteiger partial charge in [0.25, 0.3) is 5.91 Å². The number of thioether (sulfide) groups is 1. The number of thiazole rings is 1. The number of para-hydroxylation sites is 2. The predicted molar refractivity (Wildman–Crippen MR) is 158 cm³/mol. The Kier molecular flexibility index (Phi) is 6.68. The van der Waals surface area contributed by atoms with Gasteiger partial charge in [-0.15, -0.1) is 6.58 Å². The Morgan fingerprint density at radius 2 is 1.76 bits per heavy atom. The SMILES string of the molecule is C=CCN1C(=O)/C(=C/c2cn(-c3ccccc3)nc2-c2ccc(Cl)cc2)S/C1=N/c1nc2ccccc2s1. The molecule has 5 aromatic rings. The Balaban J connectivity index is 1.42. The molecule has 2 aromatic heterocycles. The van der Waals surface area contributed by atoms with Crippen LogP contribution in [0.3, 0.4) is 0 Å². The Hall–Kier alpha value is -3.98. The molecular weight excluding hydrogens is 534 g/mol. The van der Waals surface area contributed by atoms with Gasteiger partial charge in [0.05, 0.1) is 26.5 Å². The largest absolute Gasteiger partial charge is 0.282 e. The van der Waals surface area contributed by atoms with Gasteiger partial charge < -0.3 is 0 Å². The number of benzene rings is 3. The molecule has 9 heteroatoms. The fourth-order valence-electron chi connectivity index (χ4n) is 4.05. The van der Waals surface area contributed by atoms with Crippen LogP contribution in [0.25, 0.3) is 33.2 Å². The highest BCUT2D eigenvalue weighted by molar-refractivity contribution is 8.18. The number of hydrogen-bond donors (Lipinski definition) is 0. The minimum Gasteiger partial charge on any atom is -0.282 e. The smallest absolute Gasteiger partial charge is 0.267 e. The highest BCUT2D eigenvalue weighted by Crippen LogP contribution is 2.37. The molecule has 1 aliphatic rings. The molecule has 0 unspecified atom stereocenters. The van der Waals surface area contributed by atoms with Crippen LogP contribution in [0.4, 0.5) is 5.13 Å². The second-order valence-electron chi connectivity index (χ2n) is 8.39. The number of fused-ring (bicyclic) bond motifs is 1. The fraction of sp³-hybridized carbons (Fsp3) is 0.0345. The van der Waals surface area contributed by atoms with Crippen LogP contribution in [0.1, 0.15) is 5.56 Å². The summed E-state index contributed by atoms with van der Waals surface area (Å²) >= 11 is 8.95. The van der Waals surface area contributed by atoms with Gasteiger partial charge in [0, 0.05) is 28.9 Å². The highest BCUT2D eigenvalue weighted by atomic mass is 35.5. The number of halogens is 1. The minimum atomic E-state index is -0.135. The molecule has 0 spiro atoms.